The summed E-state index contributed by atoms with van der Waals surface area (Å²) in [5.41, 5.74) is 0.550. The molecule has 1 atom stereocenters. The molecule has 0 saturated carbocycles. The molecule has 0 saturated heterocycles. The molecule has 0 fully saturated rings. The summed E-state index contributed by atoms with van der Waals surface area (Å²) >= 11 is 1.22. The molecule has 4 nitrogen and oxygen atoms in total. The number of nitrogens with one attached hydrogen (secondary N) is 1. The Morgan fingerprint density at radius 2 is 2.30 bits per heavy atom. The molecule has 2 N–H and O–H groups in total. The zero-order chi connectivity index (χ0) is 14.7. The van der Waals surface area contributed by atoms with Crippen LogP contribution in [0.1, 0.15) is 22.2 Å². The molecule has 0 aliphatic heterocycles. The van der Waals surface area contributed by atoms with Gasteiger partial charge in [-0.2, -0.15) is 0 Å². The number of hydrogen-bond acceptors (Lipinski definition) is 4. The average Bonchev–Trinajstić information content (AvgIpc) is 2.77. The molecule has 1 amide bonds. The Morgan fingerprint density at radius 1 is 1.55 bits per heavy atom. The van der Waals surface area contributed by atoms with E-state index in [2.05, 4.69) is 5.32 Å². The fourth-order valence-corrected chi connectivity index (χ4v) is 3.09. The van der Waals surface area contributed by atoms with Gasteiger partial charge in [-0.1, -0.05) is 6.07 Å². The largest absolute Gasteiger partial charge is 0.392 e. The van der Waals surface area contributed by atoms with Crippen LogP contribution in [-0.2, 0) is 11.3 Å². The lowest BCUT2D eigenvalue weighted by Gasteiger charge is -2.07. The second-order valence-corrected chi connectivity index (χ2v) is 5.57. The fraction of sp³-hybridized carbons (Fsp3) is 0.357. The van der Waals surface area contributed by atoms with Crippen molar-refractivity contribution in [1.82, 2.24) is 5.32 Å². The van der Waals surface area contributed by atoms with E-state index in [1.165, 1.54) is 24.5 Å². The van der Waals surface area contributed by atoms with Gasteiger partial charge in [0.25, 0.3) is 5.91 Å². The molecule has 6 heteroatoms. The van der Waals surface area contributed by atoms with Crippen molar-refractivity contribution in [1.29, 1.82) is 0 Å². The average molecular weight is 297 g/mol. The first-order valence-electron chi connectivity index (χ1n) is 6.19. The Morgan fingerprint density at radius 3 is 2.95 bits per heavy atom. The molecule has 108 valence electrons. The van der Waals surface area contributed by atoms with Crippen molar-refractivity contribution in [3.05, 3.63) is 34.5 Å². The number of ether oxygens (including phenoxy) is 1. The van der Waals surface area contributed by atoms with Gasteiger partial charge < -0.3 is 15.2 Å². The fourth-order valence-electron chi connectivity index (χ4n) is 1.95. The summed E-state index contributed by atoms with van der Waals surface area (Å²) in [6.07, 6.45) is -0.629. The standard InChI is InChI=1S/C14H16FNO3S/c1-8(17)6-16-14(18)13-9(7-19-2)12-10(15)4-3-5-11(12)20-13/h3-5,8,17H,6-7H2,1-2H3,(H,16,18). The minimum absolute atomic E-state index is 0.155. The van der Waals surface area contributed by atoms with Gasteiger partial charge in [-0.25, -0.2) is 4.39 Å². The van der Waals surface area contributed by atoms with Gasteiger partial charge in [-0.3, -0.25) is 4.79 Å². The van der Waals surface area contributed by atoms with Crippen LogP contribution in [0.25, 0.3) is 10.1 Å². The maximum absolute atomic E-state index is 13.9. The summed E-state index contributed by atoms with van der Waals surface area (Å²) in [6.45, 7) is 1.90. The van der Waals surface area contributed by atoms with Crippen molar-refractivity contribution in [3.63, 3.8) is 0 Å². The molecule has 0 bridgehead atoms. The molecule has 0 aliphatic rings. The Hall–Kier alpha value is -1.50. The van der Waals surface area contributed by atoms with Crippen LogP contribution in [0, 0.1) is 5.82 Å². The minimum Gasteiger partial charge on any atom is -0.392 e. The van der Waals surface area contributed by atoms with Crippen LogP contribution in [0.4, 0.5) is 4.39 Å². The summed E-state index contributed by atoms with van der Waals surface area (Å²) in [4.78, 5) is 12.6. The second kappa shape index (κ2) is 6.30. The van der Waals surface area contributed by atoms with Crippen LogP contribution in [0.5, 0.6) is 0 Å². The van der Waals surface area contributed by atoms with Crippen LogP contribution in [-0.4, -0.2) is 30.8 Å². The number of carbonyl (C=O) groups is 1. The lowest BCUT2D eigenvalue weighted by molar-refractivity contribution is 0.0924. The number of benzene rings is 1. The van der Waals surface area contributed by atoms with Crippen LogP contribution in [0.15, 0.2) is 18.2 Å². The summed E-state index contributed by atoms with van der Waals surface area (Å²) in [5.74, 6) is -0.682. The van der Waals surface area contributed by atoms with Gasteiger partial charge in [0, 0.05) is 29.3 Å². The van der Waals surface area contributed by atoms with E-state index in [4.69, 9.17) is 4.74 Å². The van der Waals surface area contributed by atoms with E-state index in [9.17, 15) is 14.3 Å². The molecule has 0 aliphatic carbocycles. The highest BCUT2D eigenvalue weighted by Crippen LogP contribution is 2.33. The lowest BCUT2D eigenvalue weighted by Crippen LogP contribution is -2.30. The number of thiophene rings is 1. The number of rotatable bonds is 5. The quantitative estimate of drug-likeness (QED) is 0.890. The molecule has 1 unspecified atom stereocenters. The van der Waals surface area contributed by atoms with Crippen LogP contribution < -0.4 is 5.32 Å². The zero-order valence-electron chi connectivity index (χ0n) is 11.3. The Balaban J connectivity index is 2.44. The highest BCUT2D eigenvalue weighted by molar-refractivity contribution is 7.21. The van der Waals surface area contributed by atoms with Crippen LogP contribution in [0.3, 0.4) is 0 Å². The molecule has 1 heterocycles. The van der Waals surface area contributed by atoms with E-state index in [0.717, 1.165) is 0 Å². The van der Waals surface area contributed by atoms with Crippen molar-refractivity contribution in [2.24, 2.45) is 0 Å². The summed E-state index contributed by atoms with van der Waals surface area (Å²) in [7, 11) is 1.50. The van der Waals surface area contributed by atoms with Gasteiger partial charge >= 0.3 is 0 Å². The van der Waals surface area contributed by atoms with E-state index < -0.39 is 6.10 Å². The van der Waals surface area contributed by atoms with Gasteiger partial charge in [-0.15, -0.1) is 11.3 Å². The smallest absolute Gasteiger partial charge is 0.261 e. The van der Waals surface area contributed by atoms with E-state index in [1.54, 1.807) is 19.1 Å². The van der Waals surface area contributed by atoms with Crippen molar-refractivity contribution < 1.29 is 19.0 Å². The molecular weight excluding hydrogens is 281 g/mol. The molecule has 1 aromatic carbocycles. The first kappa shape index (κ1) is 14.9. The number of hydrogen-bond donors (Lipinski definition) is 2. The van der Waals surface area contributed by atoms with Crippen LogP contribution in [0.2, 0.25) is 0 Å². The maximum Gasteiger partial charge on any atom is 0.261 e. The molecular formula is C14H16FNO3S. The number of amides is 1. The predicted octanol–water partition coefficient (Wildman–Crippen LogP) is 2.30. The van der Waals surface area contributed by atoms with Gasteiger partial charge in [0.1, 0.15) is 5.82 Å². The van der Waals surface area contributed by atoms with Gasteiger partial charge in [0.05, 0.1) is 17.6 Å². The number of aliphatic hydroxyl groups is 1. The summed E-state index contributed by atoms with van der Waals surface area (Å²) in [5, 5.41) is 12.3. The van der Waals surface area contributed by atoms with E-state index in [1.807, 2.05) is 0 Å². The summed E-state index contributed by atoms with van der Waals surface area (Å²) < 4.78 is 19.7. The Labute approximate surface area is 120 Å². The summed E-state index contributed by atoms with van der Waals surface area (Å²) in [6, 6.07) is 4.75. The first-order valence-corrected chi connectivity index (χ1v) is 7.01. The van der Waals surface area contributed by atoms with Crippen molar-refractivity contribution in [3.8, 4) is 0 Å². The SMILES string of the molecule is COCc1c(C(=O)NCC(C)O)sc2cccc(F)c12. The third kappa shape index (κ3) is 2.98. The molecule has 1 aromatic heterocycles. The predicted molar refractivity (Wildman–Crippen MR) is 76.5 cm³/mol. The number of carbonyl (C=O) groups excluding carboxylic acids is 1. The van der Waals surface area contributed by atoms with Crippen molar-refractivity contribution in [2.75, 3.05) is 13.7 Å². The topological polar surface area (TPSA) is 58.6 Å². The number of aliphatic hydroxyl groups excluding tert-OH is 1. The Bertz CT molecular complexity index is 624. The zero-order valence-corrected chi connectivity index (χ0v) is 12.1. The van der Waals surface area contributed by atoms with Crippen LogP contribution >= 0.6 is 11.3 Å². The van der Waals surface area contributed by atoms with Gasteiger partial charge in [0.2, 0.25) is 0 Å². The second-order valence-electron chi connectivity index (χ2n) is 4.51. The number of halogens is 1. The number of fused-ring (bicyclic) bond motifs is 1. The van der Waals surface area contributed by atoms with Crippen molar-refractivity contribution in [2.45, 2.75) is 19.6 Å². The minimum atomic E-state index is -0.629. The molecule has 20 heavy (non-hydrogen) atoms. The highest BCUT2D eigenvalue weighted by atomic mass is 32.1. The molecule has 0 spiro atoms. The molecule has 2 aromatic rings. The van der Waals surface area contributed by atoms with Crippen molar-refractivity contribution >= 4 is 27.3 Å². The number of methoxy groups -OCH3 is 1. The van der Waals surface area contributed by atoms with E-state index in [0.29, 0.717) is 20.5 Å². The highest BCUT2D eigenvalue weighted by Gasteiger charge is 2.20. The lowest BCUT2D eigenvalue weighted by atomic mass is 10.1. The third-order valence-electron chi connectivity index (χ3n) is 2.82. The molecule has 2 rings (SSSR count). The monoisotopic (exact) mass is 297 g/mol. The van der Waals surface area contributed by atoms with E-state index >= 15 is 0 Å². The van der Waals surface area contributed by atoms with Gasteiger partial charge in [-0.05, 0) is 19.1 Å². The van der Waals surface area contributed by atoms with E-state index in [-0.39, 0.29) is 24.9 Å². The third-order valence-corrected chi connectivity index (χ3v) is 4.01. The first-order chi connectivity index (χ1) is 9.54. The normalized spacial score (nSPS) is 12.6. The van der Waals surface area contributed by atoms with Gasteiger partial charge in [0.15, 0.2) is 0 Å². The molecule has 0 radical (unpaired) electrons. The maximum atomic E-state index is 13.9. The Kier molecular flexibility index (Phi) is 4.69.